The van der Waals surface area contributed by atoms with E-state index < -0.39 is 11.6 Å². The van der Waals surface area contributed by atoms with Crippen LogP contribution in [0.15, 0.2) is 36.4 Å². The lowest BCUT2D eigenvalue weighted by Crippen LogP contribution is -2.47. The van der Waals surface area contributed by atoms with Crippen LogP contribution in [0.1, 0.15) is 12.8 Å². The van der Waals surface area contributed by atoms with Gasteiger partial charge < -0.3 is 14.8 Å². The van der Waals surface area contributed by atoms with Gasteiger partial charge in [0, 0.05) is 31.3 Å². The van der Waals surface area contributed by atoms with Gasteiger partial charge in [0.2, 0.25) is 0 Å². The summed E-state index contributed by atoms with van der Waals surface area (Å²) in [6, 6.07) is 7.94. The van der Waals surface area contributed by atoms with Crippen molar-refractivity contribution in [3.05, 3.63) is 58.1 Å². The molecule has 1 fully saturated rings. The normalized spacial score (nSPS) is 14.8. The number of carbonyl (C=O) groups excluding carboxylic acids is 2. The second kappa shape index (κ2) is 11.4. The molecule has 0 spiro atoms. The van der Waals surface area contributed by atoms with E-state index in [-0.39, 0.29) is 59.0 Å². The lowest BCUT2D eigenvalue weighted by Gasteiger charge is -2.31. The van der Waals surface area contributed by atoms with E-state index in [2.05, 4.69) is 5.32 Å². The highest BCUT2D eigenvalue weighted by molar-refractivity contribution is 6.31. The molecule has 3 rings (SSSR count). The summed E-state index contributed by atoms with van der Waals surface area (Å²) >= 11 is 11.2. The monoisotopic (exact) mass is 486 g/mol. The topological polar surface area (TPSA) is 67.9 Å². The summed E-state index contributed by atoms with van der Waals surface area (Å²) in [5, 5.41) is 2.85. The molecule has 172 valence electrons. The lowest BCUT2D eigenvalue weighted by atomic mass is 10.0. The zero-order valence-electron chi connectivity index (χ0n) is 17.1. The number of rotatable bonds is 9. The van der Waals surface area contributed by atoms with E-state index in [9.17, 15) is 18.4 Å². The molecule has 1 amide bonds. The number of benzene rings is 2. The van der Waals surface area contributed by atoms with Gasteiger partial charge in [-0.3, -0.25) is 14.5 Å². The molecule has 0 bridgehead atoms. The van der Waals surface area contributed by atoms with E-state index in [0.29, 0.717) is 25.9 Å². The Hall–Kier alpha value is -2.42. The standard InChI is InChI=1S/C22H22Cl2F2N2O4/c23-18-3-1-16(9-20(18)25)31-12-15(29)11-28-7-5-14(6-8-28)27-22(30)13-32-17-2-4-19(24)21(26)10-17/h1-4,9-10,14H,5-8,11-13H2,(H,27,30). The predicted octanol–water partition coefficient (Wildman–Crippen LogP) is 3.88. The summed E-state index contributed by atoms with van der Waals surface area (Å²) in [5.74, 6) is -1.20. The molecule has 6 nitrogen and oxygen atoms in total. The van der Waals surface area contributed by atoms with Crippen molar-refractivity contribution in [1.29, 1.82) is 0 Å². The molecule has 2 aromatic carbocycles. The van der Waals surface area contributed by atoms with Crippen LogP contribution in [0, 0.1) is 11.6 Å². The van der Waals surface area contributed by atoms with Crippen molar-refractivity contribution >= 4 is 34.9 Å². The molecule has 32 heavy (non-hydrogen) atoms. The second-order valence-corrected chi connectivity index (χ2v) is 8.20. The number of hydrogen-bond donors (Lipinski definition) is 1. The molecule has 0 aliphatic carbocycles. The maximum atomic E-state index is 13.4. The summed E-state index contributed by atoms with van der Waals surface area (Å²) in [6.07, 6.45) is 1.36. The molecule has 1 heterocycles. The van der Waals surface area contributed by atoms with E-state index in [1.807, 2.05) is 4.90 Å². The second-order valence-electron chi connectivity index (χ2n) is 7.39. The van der Waals surface area contributed by atoms with Crippen LogP contribution in [-0.2, 0) is 9.59 Å². The molecule has 2 aromatic rings. The van der Waals surface area contributed by atoms with E-state index in [4.69, 9.17) is 32.7 Å². The van der Waals surface area contributed by atoms with Crippen LogP contribution in [0.3, 0.4) is 0 Å². The van der Waals surface area contributed by atoms with Crippen LogP contribution < -0.4 is 14.8 Å². The van der Waals surface area contributed by atoms with Crippen LogP contribution in [0.4, 0.5) is 8.78 Å². The van der Waals surface area contributed by atoms with Gasteiger partial charge in [-0.2, -0.15) is 0 Å². The van der Waals surface area contributed by atoms with Gasteiger partial charge >= 0.3 is 0 Å². The summed E-state index contributed by atoms with van der Waals surface area (Å²) in [7, 11) is 0. The predicted molar refractivity (Wildman–Crippen MR) is 116 cm³/mol. The fraction of sp³-hybridized carbons (Fsp3) is 0.364. The first-order valence-electron chi connectivity index (χ1n) is 9.99. The fourth-order valence-electron chi connectivity index (χ4n) is 3.25. The molecule has 0 unspecified atom stereocenters. The van der Waals surface area contributed by atoms with Crippen molar-refractivity contribution in [3.63, 3.8) is 0 Å². The van der Waals surface area contributed by atoms with Crippen LogP contribution >= 0.6 is 23.2 Å². The SMILES string of the molecule is O=C(COc1ccc(Cl)c(F)c1)CN1CCC(NC(=O)COc2ccc(Cl)c(F)c2)CC1. The Morgan fingerprint density at radius 2 is 1.47 bits per heavy atom. The molecule has 1 saturated heterocycles. The number of ketones is 1. The van der Waals surface area contributed by atoms with Crippen LogP contribution in [-0.4, -0.2) is 55.5 Å². The minimum absolute atomic E-state index is 0.0101. The maximum absolute atomic E-state index is 13.4. The van der Waals surface area contributed by atoms with Crippen molar-refractivity contribution < 1.29 is 27.8 Å². The Labute approximate surface area is 194 Å². The van der Waals surface area contributed by atoms with Gasteiger partial charge in [-0.05, 0) is 37.1 Å². The smallest absolute Gasteiger partial charge is 0.258 e. The van der Waals surface area contributed by atoms with Gasteiger partial charge in [-0.25, -0.2) is 8.78 Å². The number of Topliss-reactive ketones (excluding diaryl/α,β-unsaturated/α-hetero) is 1. The number of likely N-dealkylation sites (tertiary alicyclic amines) is 1. The molecular formula is C22H22Cl2F2N2O4. The van der Waals surface area contributed by atoms with Crippen molar-refractivity contribution in [3.8, 4) is 11.5 Å². The first-order chi connectivity index (χ1) is 15.3. The van der Waals surface area contributed by atoms with Crippen LogP contribution in [0.2, 0.25) is 10.0 Å². The molecule has 10 heteroatoms. The highest BCUT2D eigenvalue weighted by Gasteiger charge is 2.22. The van der Waals surface area contributed by atoms with E-state index in [1.54, 1.807) is 0 Å². The largest absolute Gasteiger partial charge is 0.486 e. The van der Waals surface area contributed by atoms with Gasteiger partial charge in [-0.15, -0.1) is 0 Å². The third-order valence-corrected chi connectivity index (χ3v) is 5.52. The van der Waals surface area contributed by atoms with Gasteiger partial charge in [0.25, 0.3) is 5.91 Å². The maximum Gasteiger partial charge on any atom is 0.258 e. The number of halogens is 4. The van der Waals surface area contributed by atoms with E-state index >= 15 is 0 Å². The Balaban J connectivity index is 1.33. The Bertz CT molecular complexity index is 891. The summed E-state index contributed by atoms with van der Waals surface area (Å²) in [6.45, 7) is 1.08. The third kappa shape index (κ3) is 7.32. The van der Waals surface area contributed by atoms with Crippen molar-refractivity contribution in [2.24, 2.45) is 0 Å². The first kappa shape index (κ1) is 24.2. The average Bonchev–Trinajstić information content (AvgIpc) is 2.77. The van der Waals surface area contributed by atoms with Crippen molar-refractivity contribution in [2.75, 3.05) is 32.8 Å². The molecule has 0 saturated carbocycles. The van der Waals surface area contributed by atoms with E-state index in [1.165, 1.54) is 24.3 Å². The quantitative estimate of drug-likeness (QED) is 0.582. The summed E-state index contributed by atoms with van der Waals surface area (Å²) < 4.78 is 37.4. The van der Waals surface area contributed by atoms with Gasteiger partial charge in [0.15, 0.2) is 12.4 Å². The molecule has 1 aliphatic rings. The molecule has 0 aromatic heterocycles. The van der Waals surface area contributed by atoms with Gasteiger partial charge in [-0.1, -0.05) is 23.2 Å². The zero-order valence-corrected chi connectivity index (χ0v) is 18.6. The molecule has 0 radical (unpaired) electrons. The third-order valence-electron chi connectivity index (χ3n) is 4.90. The Morgan fingerprint density at radius 3 is 2.00 bits per heavy atom. The Morgan fingerprint density at radius 1 is 0.938 bits per heavy atom. The molecule has 1 N–H and O–H groups in total. The van der Waals surface area contributed by atoms with Gasteiger partial charge in [0.1, 0.15) is 29.7 Å². The Kier molecular flexibility index (Phi) is 8.67. The summed E-state index contributed by atoms with van der Waals surface area (Å²) in [4.78, 5) is 26.2. The van der Waals surface area contributed by atoms with Crippen molar-refractivity contribution in [1.82, 2.24) is 10.2 Å². The number of ether oxygens (including phenoxy) is 2. The fourth-order valence-corrected chi connectivity index (χ4v) is 3.48. The number of carbonyl (C=O) groups is 2. The number of nitrogens with zero attached hydrogens (tertiary/aromatic N) is 1. The highest BCUT2D eigenvalue weighted by atomic mass is 35.5. The lowest BCUT2D eigenvalue weighted by molar-refractivity contribution is -0.125. The molecular weight excluding hydrogens is 465 g/mol. The average molecular weight is 487 g/mol. The first-order valence-corrected chi connectivity index (χ1v) is 10.7. The number of amides is 1. The molecule has 0 atom stereocenters. The van der Waals surface area contributed by atoms with Gasteiger partial charge in [0.05, 0.1) is 16.6 Å². The number of hydrogen-bond acceptors (Lipinski definition) is 5. The number of nitrogens with one attached hydrogen (secondary N) is 1. The van der Waals surface area contributed by atoms with Crippen LogP contribution in [0.5, 0.6) is 11.5 Å². The van der Waals surface area contributed by atoms with Crippen molar-refractivity contribution in [2.45, 2.75) is 18.9 Å². The van der Waals surface area contributed by atoms with E-state index in [0.717, 1.165) is 12.1 Å². The van der Waals surface area contributed by atoms with Crippen LogP contribution in [0.25, 0.3) is 0 Å². The summed E-state index contributed by atoms with van der Waals surface area (Å²) in [5.41, 5.74) is 0. The number of piperidine rings is 1. The zero-order chi connectivity index (χ0) is 23.1. The molecule has 1 aliphatic heterocycles. The minimum atomic E-state index is -0.614. The highest BCUT2D eigenvalue weighted by Crippen LogP contribution is 2.21. The minimum Gasteiger partial charge on any atom is -0.486 e.